The van der Waals surface area contributed by atoms with Crippen LogP contribution >= 0.6 is 10.7 Å². The second-order valence-corrected chi connectivity index (χ2v) is 8.03. The van der Waals surface area contributed by atoms with Gasteiger partial charge in [-0.3, -0.25) is 0 Å². The summed E-state index contributed by atoms with van der Waals surface area (Å²) in [5.74, 6) is 0.0485. The van der Waals surface area contributed by atoms with Crippen molar-refractivity contribution >= 4 is 29.6 Å². The molecule has 0 saturated heterocycles. The van der Waals surface area contributed by atoms with E-state index in [9.17, 15) is 16.8 Å². The van der Waals surface area contributed by atoms with Crippen LogP contribution in [0.25, 0.3) is 0 Å². The van der Waals surface area contributed by atoms with E-state index < -0.39 is 18.9 Å². The summed E-state index contributed by atoms with van der Waals surface area (Å²) in [7, 11) is -1.06. The zero-order chi connectivity index (χ0) is 13.4. The first-order valence-corrected chi connectivity index (χ1v) is 8.61. The van der Waals surface area contributed by atoms with Crippen LogP contribution < -0.4 is 4.74 Å². The van der Waals surface area contributed by atoms with Gasteiger partial charge in [-0.2, -0.15) is 0 Å². The molecule has 17 heavy (non-hydrogen) atoms. The maximum atomic E-state index is 11.4. The molecule has 0 spiro atoms. The van der Waals surface area contributed by atoms with Gasteiger partial charge < -0.3 is 4.74 Å². The summed E-state index contributed by atoms with van der Waals surface area (Å²) in [6.45, 7) is 1.54. The molecule has 1 aromatic rings. The lowest BCUT2D eigenvalue weighted by Crippen LogP contribution is -2.04. The predicted molar refractivity (Wildman–Crippen MR) is 63.9 cm³/mol. The van der Waals surface area contributed by atoms with E-state index in [0.29, 0.717) is 5.56 Å². The average Bonchev–Trinajstić information content (AvgIpc) is 2.13. The third kappa shape index (κ3) is 3.11. The fourth-order valence-corrected chi connectivity index (χ4v) is 3.24. The van der Waals surface area contributed by atoms with Crippen molar-refractivity contribution in [2.45, 2.75) is 16.7 Å². The van der Waals surface area contributed by atoms with E-state index in [4.69, 9.17) is 15.4 Å². The standard InChI is InChI=1S/C9H11ClO5S2/c1-6-4-7(16(3,11)12)5-8(9(6)15-2)17(10,13)14/h4-5H,1-3H3. The number of sulfone groups is 1. The monoisotopic (exact) mass is 298 g/mol. The Morgan fingerprint density at radius 1 is 1.18 bits per heavy atom. The van der Waals surface area contributed by atoms with Crippen molar-refractivity contribution in [3.63, 3.8) is 0 Å². The first-order chi connectivity index (χ1) is 7.57. The maximum Gasteiger partial charge on any atom is 0.265 e. The number of ether oxygens (including phenoxy) is 1. The quantitative estimate of drug-likeness (QED) is 0.787. The topological polar surface area (TPSA) is 77.5 Å². The molecule has 0 unspecified atom stereocenters. The van der Waals surface area contributed by atoms with Crippen molar-refractivity contribution in [1.82, 2.24) is 0 Å². The van der Waals surface area contributed by atoms with Crippen LogP contribution in [0.4, 0.5) is 0 Å². The normalized spacial score (nSPS) is 12.5. The molecule has 0 aliphatic rings. The second-order valence-electron chi connectivity index (χ2n) is 3.48. The van der Waals surface area contributed by atoms with E-state index in [0.717, 1.165) is 12.3 Å². The Morgan fingerprint density at radius 2 is 1.71 bits per heavy atom. The van der Waals surface area contributed by atoms with Gasteiger partial charge in [0.15, 0.2) is 9.84 Å². The van der Waals surface area contributed by atoms with Crippen molar-refractivity contribution in [3.05, 3.63) is 17.7 Å². The molecule has 1 aromatic carbocycles. The lowest BCUT2D eigenvalue weighted by Gasteiger charge is -2.11. The molecular weight excluding hydrogens is 288 g/mol. The van der Waals surface area contributed by atoms with Gasteiger partial charge in [0.2, 0.25) is 0 Å². The Balaban J connectivity index is 3.75. The summed E-state index contributed by atoms with van der Waals surface area (Å²) in [6.07, 6.45) is 0.985. The largest absolute Gasteiger partial charge is 0.495 e. The molecule has 5 nitrogen and oxygen atoms in total. The lowest BCUT2D eigenvalue weighted by molar-refractivity contribution is 0.399. The summed E-state index contributed by atoms with van der Waals surface area (Å²) in [5.41, 5.74) is 0.384. The lowest BCUT2D eigenvalue weighted by atomic mass is 10.2. The summed E-state index contributed by atoms with van der Waals surface area (Å²) < 4.78 is 50.4. The van der Waals surface area contributed by atoms with Crippen LogP contribution in [0.15, 0.2) is 21.9 Å². The minimum Gasteiger partial charge on any atom is -0.495 e. The van der Waals surface area contributed by atoms with E-state index in [2.05, 4.69) is 0 Å². The number of rotatable bonds is 3. The third-order valence-corrected chi connectivity index (χ3v) is 4.53. The zero-order valence-corrected chi connectivity index (χ0v) is 11.8. The molecule has 0 aromatic heterocycles. The number of hydrogen-bond donors (Lipinski definition) is 0. The van der Waals surface area contributed by atoms with Crippen molar-refractivity contribution < 1.29 is 21.6 Å². The van der Waals surface area contributed by atoms with Gasteiger partial charge in [0.25, 0.3) is 9.05 Å². The van der Waals surface area contributed by atoms with Crippen molar-refractivity contribution in [2.75, 3.05) is 13.4 Å². The molecule has 0 amide bonds. The highest BCUT2D eigenvalue weighted by atomic mass is 35.7. The van der Waals surface area contributed by atoms with Crippen LogP contribution in [0.3, 0.4) is 0 Å². The molecule has 0 saturated carbocycles. The molecule has 0 heterocycles. The molecule has 96 valence electrons. The Hall–Kier alpha value is -0.790. The van der Waals surface area contributed by atoms with Crippen LogP contribution in [0, 0.1) is 6.92 Å². The van der Waals surface area contributed by atoms with E-state index >= 15 is 0 Å². The Labute approximate surface area is 105 Å². The summed E-state index contributed by atoms with van der Waals surface area (Å²) in [4.78, 5) is -0.461. The third-order valence-electron chi connectivity index (χ3n) is 2.11. The zero-order valence-electron chi connectivity index (χ0n) is 9.39. The minimum atomic E-state index is -4.07. The van der Waals surface area contributed by atoms with Crippen LogP contribution in [0.5, 0.6) is 5.75 Å². The van der Waals surface area contributed by atoms with Crippen LogP contribution in [-0.2, 0) is 18.9 Å². The van der Waals surface area contributed by atoms with Gasteiger partial charge in [0.05, 0.1) is 12.0 Å². The molecule has 0 aliphatic carbocycles. The van der Waals surface area contributed by atoms with E-state index in [-0.39, 0.29) is 15.5 Å². The molecule has 8 heteroatoms. The molecule has 1 rings (SSSR count). The number of methoxy groups -OCH3 is 1. The van der Waals surface area contributed by atoms with Gasteiger partial charge in [-0.15, -0.1) is 0 Å². The smallest absolute Gasteiger partial charge is 0.265 e. The van der Waals surface area contributed by atoms with Gasteiger partial charge in [0, 0.05) is 16.9 Å². The maximum absolute atomic E-state index is 11.4. The van der Waals surface area contributed by atoms with Gasteiger partial charge in [-0.25, -0.2) is 16.8 Å². The molecule has 0 atom stereocenters. The van der Waals surface area contributed by atoms with Crippen molar-refractivity contribution in [3.8, 4) is 5.75 Å². The molecule has 0 N–H and O–H groups in total. The van der Waals surface area contributed by atoms with Crippen LogP contribution in [0.2, 0.25) is 0 Å². The van der Waals surface area contributed by atoms with Crippen LogP contribution in [0.1, 0.15) is 5.56 Å². The summed E-state index contributed by atoms with van der Waals surface area (Å²) in [5, 5.41) is 0. The second kappa shape index (κ2) is 4.47. The van der Waals surface area contributed by atoms with E-state index in [1.165, 1.54) is 13.2 Å². The summed E-state index contributed by atoms with van der Waals surface area (Å²) in [6, 6.07) is 2.32. The molecule has 0 aliphatic heterocycles. The number of benzene rings is 1. The van der Waals surface area contributed by atoms with Crippen LogP contribution in [-0.4, -0.2) is 30.2 Å². The Morgan fingerprint density at radius 3 is 2.06 bits per heavy atom. The molecule has 0 radical (unpaired) electrons. The average molecular weight is 299 g/mol. The van der Waals surface area contributed by atoms with Gasteiger partial charge in [-0.1, -0.05) is 0 Å². The highest BCUT2D eigenvalue weighted by Crippen LogP contribution is 2.32. The van der Waals surface area contributed by atoms with Gasteiger partial charge >= 0.3 is 0 Å². The number of halogens is 1. The molecule has 0 fully saturated rings. The predicted octanol–water partition coefficient (Wildman–Crippen LogP) is 1.33. The number of hydrogen-bond acceptors (Lipinski definition) is 5. The van der Waals surface area contributed by atoms with Crippen molar-refractivity contribution in [2.24, 2.45) is 0 Å². The van der Waals surface area contributed by atoms with Crippen molar-refractivity contribution in [1.29, 1.82) is 0 Å². The summed E-state index contributed by atoms with van der Waals surface area (Å²) >= 11 is 0. The van der Waals surface area contributed by atoms with Gasteiger partial charge in [-0.05, 0) is 24.6 Å². The Bertz CT molecular complexity index is 646. The first kappa shape index (κ1) is 14.3. The SMILES string of the molecule is COc1c(C)cc(S(C)(=O)=O)cc1S(=O)(=O)Cl. The Kier molecular flexibility index (Phi) is 3.75. The molecular formula is C9H11ClO5S2. The minimum absolute atomic E-state index is 0.0485. The van der Waals surface area contributed by atoms with E-state index in [1.807, 2.05) is 0 Å². The first-order valence-electron chi connectivity index (χ1n) is 4.40. The highest BCUT2D eigenvalue weighted by molar-refractivity contribution is 8.13. The molecule has 0 bridgehead atoms. The van der Waals surface area contributed by atoms with E-state index in [1.54, 1.807) is 6.92 Å². The fraction of sp³-hybridized carbons (Fsp3) is 0.333. The highest BCUT2D eigenvalue weighted by Gasteiger charge is 2.22. The number of aryl methyl sites for hydroxylation is 1. The van der Waals surface area contributed by atoms with Gasteiger partial charge in [0.1, 0.15) is 10.6 Å². The fourth-order valence-electron chi connectivity index (χ4n) is 1.37.